The van der Waals surface area contributed by atoms with Gasteiger partial charge in [-0.25, -0.2) is 4.79 Å². The highest BCUT2D eigenvalue weighted by Crippen LogP contribution is 2.19. The second-order valence-corrected chi connectivity index (χ2v) is 5.42. The average molecular weight is 277 g/mol. The number of carbonyl (C=O) groups excluding carboxylic acids is 1. The first-order chi connectivity index (χ1) is 9.37. The Morgan fingerprint density at radius 3 is 2.35 bits per heavy atom. The number of rotatable bonds is 5. The van der Waals surface area contributed by atoms with Gasteiger partial charge in [0.2, 0.25) is 0 Å². The van der Waals surface area contributed by atoms with E-state index in [2.05, 4.69) is 6.58 Å². The van der Waals surface area contributed by atoms with Crippen molar-refractivity contribution in [1.29, 1.82) is 0 Å². The van der Waals surface area contributed by atoms with Crippen molar-refractivity contribution in [3.05, 3.63) is 36.4 Å². The van der Waals surface area contributed by atoms with Crippen LogP contribution in [0.1, 0.15) is 26.3 Å². The van der Waals surface area contributed by atoms with Crippen LogP contribution >= 0.6 is 0 Å². The van der Waals surface area contributed by atoms with Crippen LogP contribution in [0.25, 0.3) is 6.08 Å². The number of benzene rings is 1. The number of hydrogen-bond donors (Lipinski definition) is 0. The maximum atomic E-state index is 12.2. The van der Waals surface area contributed by atoms with Crippen molar-refractivity contribution in [2.24, 2.45) is 0 Å². The lowest BCUT2D eigenvalue weighted by Gasteiger charge is -2.27. The van der Waals surface area contributed by atoms with E-state index >= 15 is 0 Å². The molecule has 1 amide bonds. The van der Waals surface area contributed by atoms with E-state index in [1.165, 1.54) is 0 Å². The lowest BCUT2D eigenvalue weighted by molar-refractivity contribution is 0.0569. The smallest absolute Gasteiger partial charge is 0.414 e. The van der Waals surface area contributed by atoms with Crippen molar-refractivity contribution in [2.75, 3.05) is 25.2 Å². The minimum atomic E-state index is -0.524. The SMILES string of the molecule is C=Cc1ccc(N(CCOC)C(=O)OC(C)(C)C)cc1. The molecule has 0 aliphatic rings. The summed E-state index contributed by atoms with van der Waals surface area (Å²) in [5.41, 5.74) is 1.26. The van der Waals surface area contributed by atoms with Gasteiger partial charge in [0.15, 0.2) is 0 Å². The minimum Gasteiger partial charge on any atom is -0.443 e. The molecular formula is C16H23NO3. The topological polar surface area (TPSA) is 38.8 Å². The molecule has 0 radical (unpaired) electrons. The van der Waals surface area contributed by atoms with Crippen molar-refractivity contribution in [1.82, 2.24) is 0 Å². The van der Waals surface area contributed by atoms with Crippen LogP contribution in [0.5, 0.6) is 0 Å². The van der Waals surface area contributed by atoms with Crippen LogP contribution in [0.3, 0.4) is 0 Å². The van der Waals surface area contributed by atoms with Gasteiger partial charge < -0.3 is 9.47 Å². The molecule has 1 aromatic rings. The Kier molecular flexibility index (Phi) is 5.77. The number of amides is 1. The fourth-order valence-corrected chi connectivity index (χ4v) is 1.62. The molecule has 0 aromatic heterocycles. The predicted octanol–water partition coefficient (Wildman–Crippen LogP) is 3.72. The van der Waals surface area contributed by atoms with Gasteiger partial charge in [-0.05, 0) is 38.5 Å². The molecule has 110 valence electrons. The highest BCUT2D eigenvalue weighted by atomic mass is 16.6. The molecule has 20 heavy (non-hydrogen) atoms. The van der Waals surface area contributed by atoms with Crippen LogP contribution in [0.4, 0.5) is 10.5 Å². The van der Waals surface area contributed by atoms with Crippen LogP contribution in [0.2, 0.25) is 0 Å². The van der Waals surface area contributed by atoms with Crippen molar-refractivity contribution in [3.63, 3.8) is 0 Å². The third-order valence-electron chi connectivity index (χ3n) is 2.57. The molecule has 0 aliphatic heterocycles. The van der Waals surface area contributed by atoms with Crippen LogP contribution in [0.15, 0.2) is 30.8 Å². The molecule has 4 heteroatoms. The van der Waals surface area contributed by atoms with Gasteiger partial charge >= 0.3 is 6.09 Å². The molecule has 0 N–H and O–H groups in total. The Morgan fingerprint density at radius 1 is 1.30 bits per heavy atom. The van der Waals surface area contributed by atoms with E-state index in [4.69, 9.17) is 9.47 Å². The predicted molar refractivity (Wildman–Crippen MR) is 82.0 cm³/mol. The van der Waals surface area contributed by atoms with E-state index in [-0.39, 0.29) is 6.09 Å². The Morgan fingerprint density at radius 2 is 1.90 bits per heavy atom. The summed E-state index contributed by atoms with van der Waals surface area (Å²) in [6.07, 6.45) is 1.39. The molecule has 0 saturated heterocycles. The number of nitrogens with zero attached hydrogens (tertiary/aromatic N) is 1. The molecule has 0 unspecified atom stereocenters. The summed E-state index contributed by atoms with van der Waals surface area (Å²) in [5, 5.41) is 0. The molecule has 0 atom stereocenters. The normalized spacial score (nSPS) is 11.0. The molecule has 1 rings (SSSR count). The van der Waals surface area contributed by atoms with Gasteiger partial charge in [-0.3, -0.25) is 4.90 Å². The molecule has 0 spiro atoms. The highest BCUT2D eigenvalue weighted by Gasteiger charge is 2.23. The van der Waals surface area contributed by atoms with E-state index in [1.807, 2.05) is 45.0 Å². The first-order valence-corrected chi connectivity index (χ1v) is 6.59. The van der Waals surface area contributed by atoms with Crippen molar-refractivity contribution < 1.29 is 14.3 Å². The molecule has 0 saturated carbocycles. The van der Waals surface area contributed by atoms with Gasteiger partial charge in [-0.2, -0.15) is 0 Å². The Bertz CT molecular complexity index is 446. The monoisotopic (exact) mass is 277 g/mol. The van der Waals surface area contributed by atoms with Crippen molar-refractivity contribution in [2.45, 2.75) is 26.4 Å². The number of anilines is 1. The Balaban J connectivity index is 2.92. The van der Waals surface area contributed by atoms with E-state index < -0.39 is 5.60 Å². The molecule has 0 heterocycles. The third kappa shape index (κ3) is 5.05. The fourth-order valence-electron chi connectivity index (χ4n) is 1.62. The lowest BCUT2D eigenvalue weighted by Crippen LogP contribution is -2.38. The van der Waals surface area contributed by atoms with Crippen LogP contribution in [-0.2, 0) is 9.47 Å². The number of ether oxygens (including phenoxy) is 2. The van der Waals surface area contributed by atoms with Crippen molar-refractivity contribution >= 4 is 17.9 Å². The summed E-state index contributed by atoms with van der Waals surface area (Å²) in [4.78, 5) is 13.8. The standard InChI is InChI=1S/C16H23NO3/c1-6-13-7-9-14(10-8-13)17(11-12-19-5)15(18)20-16(2,3)4/h6-10H,1,11-12H2,2-5H3. The summed E-state index contributed by atoms with van der Waals surface area (Å²) >= 11 is 0. The maximum absolute atomic E-state index is 12.2. The third-order valence-corrected chi connectivity index (χ3v) is 2.57. The molecule has 0 fully saturated rings. The first kappa shape index (κ1) is 16.2. The van der Waals surface area contributed by atoms with Crippen molar-refractivity contribution in [3.8, 4) is 0 Å². The average Bonchev–Trinajstić information content (AvgIpc) is 2.38. The quantitative estimate of drug-likeness (QED) is 0.823. The number of methoxy groups -OCH3 is 1. The number of hydrogen-bond acceptors (Lipinski definition) is 3. The summed E-state index contributed by atoms with van der Waals surface area (Å²) in [6.45, 7) is 10.1. The van der Waals surface area contributed by atoms with E-state index in [1.54, 1.807) is 18.1 Å². The minimum absolute atomic E-state index is 0.374. The van der Waals surface area contributed by atoms with Gasteiger partial charge in [-0.15, -0.1) is 0 Å². The van der Waals surface area contributed by atoms with Gasteiger partial charge in [-0.1, -0.05) is 24.8 Å². The summed E-state index contributed by atoms with van der Waals surface area (Å²) in [6, 6.07) is 7.56. The fraction of sp³-hybridized carbons (Fsp3) is 0.438. The van der Waals surface area contributed by atoms with Crippen LogP contribution in [0, 0.1) is 0 Å². The summed E-state index contributed by atoms with van der Waals surface area (Å²) in [5.74, 6) is 0. The Labute approximate surface area is 121 Å². The van der Waals surface area contributed by atoms with Gasteiger partial charge in [0.25, 0.3) is 0 Å². The molecular weight excluding hydrogens is 254 g/mol. The van der Waals surface area contributed by atoms with E-state index in [9.17, 15) is 4.79 Å². The molecule has 0 aliphatic carbocycles. The molecule has 0 bridgehead atoms. The maximum Gasteiger partial charge on any atom is 0.414 e. The van der Waals surface area contributed by atoms with E-state index in [0.29, 0.717) is 13.2 Å². The zero-order valence-corrected chi connectivity index (χ0v) is 12.7. The second kappa shape index (κ2) is 7.10. The zero-order valence-electron chi connectivity index (χ0n) is 12.7. The van der Waals surface area contributed by atoms with Crippen LogP contribution < -0.4 is 4.90 Å². The molecule has 1 aromatic carbocycles. The molecule has 4 nitrogen and oxygen atoms in total. The van der Waals surface area contributed by atoms with E-state index in [0.717, 1.165) is 11.3 Å². The first-order valence-electron chi connectivity index (χ1n) is 6.59. The van der Waals surface area contributed by atoms with Gasteiger partial charge in [0, 0.05) is 12.8 Å². The summed E-state index contributed by atoms with van der Waals surface area (Å²) < 4.78 is 10.5. The van der Waals surface area contributed by atoms with Crippen LogP contribution in [-0.4, -0.2) is 32.0 Å². The second-order valence-electron chi connectivity index (χ2n) is 5.42. The largest absolute Gasteiger partial charge is 0.443 e. The lowest BCUT2D eigenvalue weighted by atomic mass is 10.2. The summed E-state index contributed by atoms with van der Waals surface area (Å²) in [7, 11) is 1.61. The number of carbonyl (C=O) groups is 1. The highest BCUT2D eigenvalue weighted by molar-refractivity contribution is 5.88. The Hall–Kier alpha value is -1.81. The van der Waals surface area contributed by atoms with Gasteiger partial charge in [0.05, 0.1) is 13.2 Å². The van der Waals surface area contributed by atoms with Gasteiger partial charge in [0.1, 0.15) is 5.60 Å². The zero-order chi connectivity index (χ0) is 15.2.